The minimum Gasteiger partial charge on any atom is -0.359 e. The number of nitrogens with zero attached hydrogens (tertiary/aromatic N) is 2. The Morgan fingerprint density at radius 1 is 1.64 bits per heavy atom. The lowest BCUT2D eigenvalue weighted by Crippen LogP contribution is -2.03. The molecule has 1 heterocycles. The van der Waals surface area contributed by atoms with Gasteiger partial charge in [0, 0.05) is 36.0 Å². The Morgan fingerprint density at radius 3 is 3.14 bits per heavy atom. The molecule has 0 aromatic carbocycles. The maximum atomic E-state index is 4.31. The van der Waals surface area contributed by atoms with Crippen LogP contribution in [0.25, 0.3) is 0 Å². The van der Waals surface area contributed by atoms with Crippen LogP contribution in [0.2, 0.25) is 0 Å². The van der Waals surface area contributed by atoms with Gasteiger partial charge in [0.15, 0.2) is 0 Å². The van der Waals surface area contributed by atoms with Crippen LogP contribution in [0.3, 0.4) is 0 Å². The van der Waals surface area contributed by atoms with Crippen LogP contribution in [0, 0.1) is 0 Å². The van der Waals surface area contributed by atoms with Gasteiger partial charge in [-0.2, -0.15) is 16.1 Å². The molecule has 0 aliphatic heterocycles. The summed E-state index contributed by atoms with van der Waals surface area (Å²) in [4.78, 5) is 4.31. The Labute approximate surface area is 93.2 Å². The quantitative estimate of drug-likeness (QED) is 0.575. The summed E-state index contributed by atoms with van der Waals surface area (Å²) in [6, 6.07) is 0. The fourth-order valence-corrected chi connectivity index (χ4v) is 2.12. The maximum Gasteiger partial charge on any atom is 0.202 e. The lowest BCUT2D eigenvalue weighted by atomic mass is 10.5. The van der Waals surface area contributed by atoms with E-state index in [0.29, 0.717) is 0 Å². The molecule has 3 nitrogen and oxygen atoms in total. The van der Waals surface area contributed by atoms with Crippen molar-refractivity contribution in [2.24, 2.45) is 0 Å². The topological polar surface area (TPSA) is 37.8 Å². The van der Waals surface area contributed by atoms with Gasteiger partial charge in [0.25, 0.3) is 0 Å². The second-order valence-corrected chi connectivity index (χ2v) is 4.56. The molecule has 1 rings (SSSR count). The van der Waals surface area contributed by atoms with E-state index in [1.54, 1.807) is 0 Å². The van der Waals surface area contributed by atoms with Gasteiger partial charge in [-0.3, -0.25) is 0 Å². The van der Waals surface area contributed by atoms with Crippen LogP contribution < -0.4 is 5.32 Å². The van der Waals surface area contributed by atoms with E-state index in [1.807, 2.05) is 17.8 Å². The normalized spacial score (nSPS) is 10.1. The molecule has 5 heteroatoms. The summed E-state index contributed by atoms with van der Waals surface area (Å²) in [5.74, 6) is 3.02. The standard InChI is InChI=1S/C9H15N3S2/c1-3-6-13-7-5-10-9-11-8(4-2)12-14-9/h3H,1,4-7H2,2H3,(H,10,11,12). The average Bonchev–Trinajstić information content (AvgIpc) is 2.65. The van der Waals surface area contributed by atoms with E-state index in [2.05, 4.69) is 28.2 Å². The number of hydrogen-bond donors (Lipinski definition) is 1. The summed E-state index contributed by atoms with van der Waals surface area (Å²) in [6.45, 7) is 6.67. The first kappa shape index (κ1) is 11.5. The summed E-state index contributed by atoms with van der Waals surface area (Å²) in [5.41, 5.74) is 0. The molecule has 0 atom stereocenters. The molecule has 0 bridgehead atoms. The van der Waals surface area contributed by atoms with Gasteiger partial charge in [0.2, 0.25) is 5.13 Å². The second kappa shape index (κ2) is 6.84. The first-order chi connectivity index (χ1) is 6.86. The third kappa shape index (κ3) is 4.11. The van der Waals surface area contributed by atoms with E-state index in [-0.39, 0.29) is 0 Å². The van der Waals surface area contributed by atoms with E-state index in [1.165, 1.54) is 11.5 Å². The van der Waals surface area contributed by atoms with Crippen LogP contribution in [0.5, 0.6) is 0 Å². The first-order valence-corrected chi connectivity index (χ1v) is 6.54. The number of thioether (sulfide) groups is 1. The molecule has 0 radical (unpaired) electrons. The number of rotatable bonds is 7. The molecule has 0 aliphatic carbocycles. The van der Waals surface area contributed by atoms with Gasteiger partial charge in [-0.1, -0.05) is 13.0 Å². The number of aryl methyl sites for hydroxylation is 1. The van der Waals surface area contributed by atoms with Crippen molar-refractivity contribution in [3.63, 3.8) is 0 Å². The van der Waals surface area contributed by atoms with Gasteiger partial charge in [0.1, 0.15) is 5.82 Å². The third-order valence-electron chi connectivity index (χ3n) is 1.54. The van der Waals surface area contributed by atoms with Crippen LogP contribution in [0.15, 0.2) is 12.7 Å². The fourth-order valence-electron chi connectivity index (χ4n) is 0.866. The Kier molecular flexibility index (Phi) is 5.63. The highest BCUT2D eigenvalue weighted by Gasteiger charge is 1.99. The van der Waals surface area contributed by atoms with Gasteiger partial charge in [-0.15, -0.1) is 6.58 Å². The average molecular weight is 229 g/mol. The summed E-state index contributed by atoms with van der Waals surface area (Å²) in [5, 5.41) is 4.18. The van der Waals surface area contributed by atoms with Crippen molar-refractivity contribution in [2.45, 2.75) is 13.3 Å². The summed E-state index contributed by atoms with van der Waals surface area (Å²) < 4.78 is 4.19. The Hall–Kier alpha value is -0.550. The van der Waals surface area contributed by atoms with Crippen molar-refractivity contribution < 1.29 is 0 Å². The van der Waals surface area contributed by atoms with Crippen molar-refractivity contribution in [1.29, 1.82) is 0 Å². The van der Waals surface area contributed by atoms with Crippen LogP contribution >= 0.6 is 23.3 Å². The number of aromatic nitrogens is 2. The van der Waals surface area contributed by atoms with E-state index in [9.17, 15) is 0 Å². The number of nitrogens with one attached hydrogen (secondary N) is 1. The zero-order valence-corrected chi connectivity index (χ0v) is 9.96. The van der Waals surface area contributed by atoms with Crippen molar-refractivity contribution in [1.82, 2.24) is 9.36 Å². The summed E-state index contributed by atoms with van der Waals surface area (Å²) >= 11 is 3.30. The van der Waals surface area contributed by atoms with E-state index < -0.39 is 0 Å². The van der Waals surface area contributed by atoms with Crippen LogP contribution in [0.4, 0.5) is 5.13 Å². The van der Waals surface area contributed by atoms with Crippen LogP contribution in [-0.4, -0.2) is 27.4 Å². The minimum atomic E-state index is 0.906. The largest absolute Gasteiger partial charge is 0.359 e. The van der Waals surface area contributed by atoms with Crippen LogP contribution in [-0.2, 0) is 6.42 Å². The van der Waals surface area contributed by atoms with Gasteiger partial charge < -0.3 is 5.32 Å². The molecular formula is C9H15N3S2. The summed E-state index contributed by atoms with van der Waals surface area (Å²) in [6.07, 6.45) is 2.83. The predicted molar refractivity (Wildman–Crippen MR) is 65.3 cm³/mol. The maximum absolute atomic E-state index is 4.31. The first-order valence-electron chi connectivity index (χ1n) is 4.62. The molecule has 0 unspecified atom stereocenters. The van der Waals surface area contributed by atoms with Crippen LogP contribution in [0.1, 0.15) is 12.7 Å². The molecule has 0 amide bonds. The highest BCUT2D eigenvalue weighted by Crippen LogP contribution is 2.11. The van der Waals surface area contributed by atoms with E-state index in [4.69, 9.17) is 0 Å². The molecular weight excluding hydrogens is 214 g/mol. The minimum absolute atomic E-state index is 0.906. The molecule has 0 saturated heterocycles. The van der Waals surface area contributed by atoms with Crippen molar-refractivity contribution >= 4 is 28.4 Å². The molecule has 1 aromatic rings. The third-order valence-corrected chi connectivity index (χ3v) is 3.22. The molecule has 0 fully saturated rings. The highest BCUT2D eigenvalue weighted by atomic mass is 32.2. The molecule has 0 aliphatic rings. The number of anilines is 1. The Bertz CT molecular complexity index is 273. The van der Waals surface area contributed by atoms with Gasteiger partial charge in [-0.25, -0.2) is 4.98 Å². The molecule has 1 N–H and O–H groups in total. The lowest BCUT2D eigenvalue weighted by molar-refractivity contribution is 0.996. The Balaban J connectivity index is 2.14. The number of hydrogen-bond acceptors (Lipinski definition) is 5. The molecule has 14 heavy (non-hydrogen) atoms. The zero-order chi connectivity index (χ0) is 10.2. The van der Waals surface area contributed by atoms with E-state index >= 15 is 0 Å². The molecule has 0 spiro atoms. The summed E-state index contributed by atoms with van der Waals surface area (Å²) in [7, 11) is 0. The molecule has 0 saturated carbocycles. The predicted octanol–water partition coefficient (Wildman–Crippen LogP) is 2.43. The van der Waals surface area contributed by atoms with Gasteiger partial charge in [-0.05, 0) is 0 Å². The highest BCUT2D eigenvalue weighted by molar-refractivity contribution is 7.99. The zero-order valence-electron chi connectivity index (χ0n) is 8.32. The molecule has 78 valence electrons. The van der Waals surface area contributed by atoms with Crippen molar-refractivity contribution in [3.8, 4) is 0 Å². The van der Waals surface area contributed by atoms with Gasteiger partial charge >= 0.3 is 0 Å². The van der Waals surface area contributed by atoms with Crippen molar-refractivity contribution in [2.75, 3.05) is 23.4 Å². The Morgan fingerprint density at radius 2 is 2.50 bits per heavy atom. The smallest absolute Gasteiger partial charge is 0.202 e. The SMILES string of the molecule is C=CCSCCNc1nc(CC)ns1. The lowest BCUT2D eigenvalue weighted by Gasteiger charge is -1.99. The van der Waals surface area contributed by atoms with E-state index in [0.717, 1.165) is 35.4 Å². The van der Waals surface area contributed by atoms with Crippen molar-refractivity contribution in [3.05, 3.63) is 18.5 Å². The second-order valence-electron chi connectivity index (χ2n) is 2.66. The molecule has 1 aromatic heterocycles. The monoisotopic (exact) mass is 229 g/mol. The van der Waals surface area contributed by atoms with Gasteiger partial charge in [0.05, 0.1) is 0 Å². The fraction of sp³-hybridized carbons (Fsp3) is 0.556.